The Morgan fingerprint density at radius 3 is 0.429 bits per heavy atom. The first kappa shape index (κ1) is 51.3. The largest absolute Gasteiger partial charge is 0 e. The van der Waals surface area contributed by atoms with Crippen molar-refractivity contribution in [2.45, 2.75) is 0 Å². The summed E-state index contributed by atoms with van der Waals surface area (Å²) in [6, 6.07) is 0. The monoisotopic (exact) mass is 278 g/mol. The molecule has 0 heterocycles. The van der Waals surface area contributed by atoms with Crippen molar-refractivity contribution in [3.05, 3.63) is 0 Å². The van der Waals surface area contributed by atoms with Gasteiger partial charge < -0.3 is 0 Å². The van der Waals surface area contributed by atoms with Crippen LogP contribution in [0.4, 0.5) is 0 Å². The van der Waals surface area contributed by atoms with Crippen LogP contribution in [0.3, 0.4) is 0 Å². The van der Waals surface area contributed by atoms with Crippen LogP contribution in [0.25, 0.3) is 0 Å². The molecule has 0 fully saturated rings. The quantitative estimate of drug-likeness (QED) is 0.414. The van der Waals surface area contributed by atoms with Crippen molar-refractivity contribution in [1.82, 2.24) is 0 Å². The van der Waals surface area contributed by atoms with Gasteiger partial charge in [0.05, 0.1) is 0 Å². The molecule has 0 aromatic rings. The molecule has 0 saturated carbocycles. The molecule has 0 rings (SSSR count). The molecule has 0 unspecified atom stereocenters. The topological polar surface area (TPSA) is 95.2 Å². The first-order valence-corrected chi connectivity index (χ1v) is 0.400. The van der Waals surface area contributed by atoms with Crippen LogP contribution in [0.2, 0.25) is 0 Å². The normalized spacial score (nSPS) is 0.571. The summed E-state index contributed by atoms with van der Waals surface area (Å²) in [6.07, 6.45) is 0. The van der Waals surface area contributed by atoms with Crippen LogP contribution in [0.15, 0.2) is 0 Å². The fraction of sp³-hybridized carbons (Fsp3) is 0. The van der Waals surface area contributed by atoms with Gasteiger partial charge in [-0.25, -0.2) is 0 Å². The van der Waals surface area contributed by atoms with Crippen molar-refractivity contribution in [2.24, 2.45) is 0 Å². The van der Waals surface area contributed by atoms with Crippen molar-refractivity contribution < 1.29 is 0 Å². The van der Waals surface area contributed by atoms with Crippen molar-refractivity contribution >= 4 is 52.8 Å². The van der Waals surface area contributed by atoms with Gasteiger partial charge in [-0.3, -0.25) is 0 Å². The minimum atomic E-state index is 0. The fourth-order valence-corrected chi connectivity index (χ4v) is 0. The summed E-state index contributed by atoms with van der Waals surface area (Å²) in [5.41, 5.74) is 0. The molecule has 0 aromatic heterocycles. The van der Waals surface area contributed by atoms with Gasteiger partial charge in [-0.05, 0) is 0 Å². The van der Waals surface area contributed by atoms with E-state index in [9.17, 15) is 0 Å². The van der Waals surface area contributed by atoms with Crippen molar-refractivity contribution in [1.29, 1.82) is 21.6 Å². The summed E-state index contributed by atoms with van der Waals surface area (Å²) in [6.45, 7) is 0. The van der Waals surface area contributed by atoms with Gasteiger partial charge in [-0.2, -0.15) is 0 Å². The molecule has 0 atom stereocenters. The van der Waals surface area contributed by atoms with Crippen LogP contribution in [0.5, 0.6) is 0 Å². The minimum Gasteiger partial charge on any atom is 0 e. The van der Waals surface area contributed by atoms with E-state index in [4.69, 9.17) is 21.6 Å². The Bertz CT molecular complexity index is 22.4. The van der Waals surface area contributed by atoms with Crippen LogP contribution in [0.1, 0.15) is 0 Å². The summed E-state index contributed by atoms with van der Waals surface area (Å²) >= 11 is 0. The van der Waals surface area contributed by atoms with Gasteiger partial charge in [0, 0.05) is 74.4 Å². The van der Waals surface area contributed by atoms with Crippen molar-refractivity contribution in [3.8, 4) is 0 Å². The summed E-state index contributed by atoms with van der Waals surface area (Å²) < 4.78 is 0. The fourth-order valence-electron chi connectivity index (χ4n) is 0. The second-order valence-electron chi connectivity index (χ2n) is 0. The molecule has 4 nitrogen and oxygen atoms in total. The van der Waals surface area contributed by atoms with E-state index in [2.05, 4.69) is 0 Å². The van der Waals surface area contributed by atoms with E-state index < -0.39 is 0 Å². The SMILES string of the molecule is N#N.N#N.[Ge].[Ge].[Ge]. The average molecular weight is 274 g/mol. The summed E-state index contributed by atoms with van der Waals surface area (Å²) in [5, 5.41) is 24.0. The standard InChI is InChI=1S/3Ge.2N2/c;;;2*1-2. The van der Waals surface area contributed by atoms with Crippen LogP contribution in [-0.4, -0.2) is 52.8 Å². The molecular formula is Ge3N4. The van der Waals surface area contributed by atoms with Gasteiger partial charge in [0.1, 0.15) is 0 Å². The first-order valence-electron chi connectivity index (χ1n) is 0.400. The molecule has 0 saturated heterocycles. The second kappa shape index (κ2) is 881. The predicted molar refractivity (Wildman–Crippen MR) is 24.2 cm³/mol. The molecule has 0 aliphatic rings. The third-order valence-electron chi connectivity index (χ3n) is 0. The Kier molecular flexibility index (Phi) is 6450. The Morgan fingerprint density at radius 1 is 0.429 bits per heavy atom. The average Bonchev–Trinajstić information content (AvgIpc) is 1.50. The zero-order chi connectivity index (χ0) is 4.00. The van der Waals surface area contributed by atoms with Gasteiger partial charge in [0.15, 0.2) is 0 Å². The Labute approximate surface area is 74.2 Å². The minimum absolute atomic E-state index is 0. The van der Waals surface area contributed by atoms with Gasteiger partial charge in [0.25, 0.3) is 0 Å². The van der Waals surface area contributed by atoms with Crippen molar-refractivity contribution in [2.75, 3.05) is 0 Å². The van der Waals surface area contributed by atoms with E-state index in [1.807, 2.05) is 0 Å². The number of rotatable bonds is 0. The van der Waals surface area contributed by atoms with E-state index in [1.54, 1.807) is 0 Å². The molecule has 7 heavy (non-hydrogen) atoms. The number of hydrogen-bond acceptors (Lipinski definition) is 4. The zero-order valence-electron chi connectivity index (χ0n) is 3.29. The van der Waals surface area contributed by atoms with E-state index in [0.717, 1.165) is 0 Å². The van der Waals surface area contributed by atoms with Gasteiger partial charge >= 0.3 is 0 Å². The van der Waals surface area contributed by atoms with Gasteiger partial charge in [-0.1, -0.05) is 0 Å². The zero-order valence-corrected chi connectivity index (χ0v) is 9.58. The summed E-state index contributed by atoms with van der Waals surface area (Å²) in [4.78, 5) is 0. The van der Waals surface area contributed by atoms with E-state index in [-0.39, 0.29) is 52.8 Å². The number of nitrogens with zero attached hydrogens (tertiary/aromatic N) is 4. The molecule has 0 N–H and O–H groups in total. The number of hydrogen-bond donors (Lipinski definition) is 0. The van der Waals surface area contributed by atoms with Crippen LogP contribution >= 0.6 is 0 Å². The second-order valence-corrected chi connectivity index (χ2v) is 0. The third kappa shape index (κ3) is 588. The van der Waals surface area contributed by atoms with Crippen LogP contribution in [-0.2, 0) is 0 Å². The van der Waals surface area contributed by atoms with E-state index in [1.165, 1.54) is 0 Å². The molecule has 0 aromatic carbocycles. The Hall–Kier alpha value is 0.469. The van der Waals surface area contributed by atoms with Crippen LogP contribution < -0.4 is 0 Å². The first-order chi connectivity index (χ1) is 2.00. The predicted octanol–water partition coefficient (Wildman–Crippen LogP) is -1.08. The smallest absolute Gasteiger partial charge is 0 e. The van der Waals surface area contributed by atoms with E-state index >= 15 is 0 Å². The molecule has 12 radical (unpaired) electrons. The van der Waals surface area contributed by atoms with Crippen molar-refractivity contribution in [3.63, 3.8) is 0 Å². The molecule has 7 heteroatoms. The van der Waals surface area contributed by atoms with Crippen LogP contribution in [0, 0.1) is 21.6 Å². The Morgan fingerprint density at radius 2 is 0.429 bits per heavy atom. The maximum atomic E-state index is 6.00. The maximum Gasteiger partial charge on any atom is 0 e. The summed E-state index contributed by atoms with van der Waals surface area (Å²) in [7, 11) is 0. The van der Waals surface area contributed by atoms with Gasteiger partial charge in [0.2, 0.25) is 0 Å². The molecule has 0 spiro atoms. The van der Waals surface area contributed by atoms with E-state index in [0.29, 0.717) is 0 Å². The molecule has 0 aliphatic carbocycles. The summed E-state index contributed by atoms with van der Waals surface area (Å²) in [5.74, 6) is 0. The molecular weight excluding hydrogens is 274 g/mol. The molecule has 32 valence electrons. The maximum absolute atomic E-state index is 6.00. The Balaban J connectivity index is -0.00000000267. The van der Waals surface area contributed by atoms with Gasteiger partial charge in [-0.15, -0.1) is 0 Å². The molecule has 0 amide bonds. The molecule has 0 bridgehead atoms. The molecule has 0 aliphatic heterocycles. The third-order valence-corrected chi connectivity index (χ3v) is 0.